The van der Waals surface area contributed by atoms with Crippen molar-refractivity contribution >= 4 is 17.2 Å². The molecule has 31 heavy (non-hydrogen) atoms. The number of amides is 1. The van der Waals surface area contributed by atoms with Gasteiger partial charge in [-0.1, -0.05) is 0 Å². The number of aryl methyl sites for hydroxylation is 2. The number of nitrogens with zero attached hydrogens (tertiary/aromatic N) is 2. The lowest BCUT2D eigenvalue weighted by atomic mass is 10.0. The first kappa shape index (κ1) is 21.2. The summed E-state index contributed by atoms with van der Waals surface area (Å²) in [7, 11) is 2.09. The standard InChI is InChI=1S/C24H30N4O3/c1-15-12-16(2)26-23(30)21(15)14-25-22(29)20-13-19-6-5-9-28(19)24(17(20)3)27(4)18-7-10-31-11-8-18/h5-6,9,12-13,18H,7-8,10-11,14H2,1-4H3,(H,25,29)(H,26,30). The van der Waals surface area contributed by atoms with Crippen molar-refractivity contribution < 1.29 is 9.53 Å². The van der Waals surface area contributed by atoms with E-state index in [0.29, 0.717) is 17.2 Å². The lowest BCUT2D eigenvalue weighted by molar-refractivity contribution is 0.0852. The molecule has 0 aliphatic carbocycles. The van der Waals surface area contributed by atoms with Crippen molar-refractivity contribution in [1.29, 1.82) is 0 Å². The summed E-state index contributed by atoms with van der Waals surface area (Å²) in [4.78, 5) is 30.6. The molecule has 0 bridgehead atoms. The Morgan fingerprint density at radius 2 is 2.00 bits per heavy atom. The number of fused-ring (bicyclic) bond motifs is 1. The van der Waals surface area contributed by atoms with Gasteiger partial charge in [0.25, 0.3) is 11.5 Å². The summed E-state index contributed by atoms with van der Waals surface area (Å²) in [5.41, 5.74) is 4.63. The van der Waals surface area contributed by atoms with E-state index in [4.69, 9.17) is 4.74 Å². The van der Waals surface area contributed by atoms with Crippen LogP contribution in [0.4, 0.5) is 5.82 Å². The first-order valence-corrected chi connectivity index (χ1v) is 10.8. The third-order valence-electron chi connectivity index (χ3n) is 6.28. The van der Waals surface area contributed by atoms with Crippen LogP contribution in [0.3, 0.4) is 0 Å². The molecule has 3 aromatic rings. The maximum Gasteiger partial charge on any atom is 0.253 e. The van der Waals surface area contributed by atoms with E-state index in [-0.39, 0.29) is 18.0 Å². The number of rotatable bonds is 5. The Hall–Kier alpha value is -3.06. The van der Waals surface area contributed by atoms with Crippen LogP contribution >= 0.6 is 0 Å². The predicted octanol–water partition coefficient (Wildman–Crippen LogP) is 3.10. The number of aromatic nitrogens is 2. The maximum absolute atomic E-state index is 13.2. The summed E-state index contributed by atoms with van der Waals surface area (Å²) in [6, 6.07) is 8.20. The Bertz CT molecular complexity index is 1170. The normalized spacial score (nSPS) is 14.7. The molecule has 0 radical (unpaired) electrons. The van der Waals surface area contributed by atoms with Crippen LogP contribution in [0.25, 0.3) is 5.52 Å². The Kier molecular flexibility index (Phi) is 5.87. The highest BCUT2D eigenvalue weighted by atomic mass is 16.5. The largest absolute Gasteiger partial charge is 0.381 e. The van der Waals surface area contributed by atoms with E-state index < -0.39 is 0 Å². The van der Waals surface area contributed by atoms with Crippen LogP contribution < -0.4 is 15.8 Å². The number of carbonyl (C=O) groups is 1. The molecule has 1 saturated heterocycles. The van der Waals surface area contributed by atoms with Crippen molar-refractivity contribution in [2.75, 3.05) is 25.2 Å². The van der Waals surface area contributed by atoms with E-state index in [1.54, 1.807) is 0 Å². The number of pyridine rings is 2. The summed E-state index contributed by atoms with van der Waals surface area (Å²) in [5.74, 6) is 0.839. The Morgan fingerprint density at radius 3 is 2.71 bits per heavy atom. The lowest BCUT2D eigenvalue weighted by Crippen LogP contribution is -2.38. The van der Waals surface area contributed by atoms with Gasteiger partial charge >= 0.3 is 0 Å². The second-order valence-corrected chi connectivity index (χ2v) is 8.39. The van der Waals surface area contributed by atoms with Crippen LogP contribution in [-0.2, 0) is 11.3 Å². The number of ether oxygens (including phenoxy) is 1. The highest BCUT2D eigenvalue weighted by Crippen LogP contribution is 2.29. The summed E-state index contributed by atoms with van der Waals surface area (Å²) < 4.78 is 7.66. The molecule has 0 atom stereocenters. The summed E-state index contributed by atoms with van der Waals surface area (Å²) in [5, 5.41) is 2.95. The van der Waals surface area contributed by atoms with Gasteiger partial charge in [0.05, 0.1) is 0 Å². The van der Waals surface area contributed by atoms with Crippen LogP contribution in [0.1, 0.15) is 45.6 Å². The molecule has 7 nitrogen and oxygen atoms in total. The number of hydrogen-bond donors (Lipinski definition) is 2. The number of aromatic amines is 1. The van der Waals surface area contributed by atoms with Gasteiger partial charge in [0.15, 0.2) is 0 Å². The molecule has 2 N–H and O–H groups in total. The second-order valence-electron chi connectivity index (χ2n) is 8.39. The molecular formula is C24H30N4O3. The number of nitrogens with one attached hydrogen (secondary N) is 2. The van der Waals surface area contributed by atoms with E-state index in [0.717, 1.165) is 54.2 Å². The summed E-state index contributed by atoms with van der Waals surface area (Å²) in [6.45, 7) is 7.44. The van der Waals surface area contributed by atoms with Crippen LogP contribution in [0, 0.1) is 20.8 Å². The number of hydrogen-bond acceptors (Lipinski definition) is 4. The van der Waals surface area contributed by atoms with Gasteiger partial charge in [-0.15, -0.1) is 0 Å². The highest BCUT2D eigenvalue weighted by Gasteiger charge is 2.24. The van der Waals surface area contributed by atoms with Gasteiger partial charge in [0.1, 0.15) is 5.82 Å². The second kappa shape index (κ2) is 8.59. The molecule has 3 aromatic heterocycles. The molecule has 4 rings (SSSR count). The SMILES string of the molecule is Cc1cc(C)c(CNC(=O)c2cc3cccn3c(N(C)C3CCOCC3)c2C)c(=O)[nH]1. The van der Waals surface area contributed by atoms with Gasteiger partial charge in [-0.2, -0.15) is 0 Å². The van der Waals surface area contributed by atoms with Crippen molar-refractivity contribution in [1.82, 2.24) is 14.7 Å². The summed E-state index contributed by atoms with van der Waals surface area (Å²) in [6.07, 6.45) is 3.96. The average molecular weight is 423 g/mol. The fourth-order valence-electron chi connectivity index (χ4n) is 4.54. The molecule has 1 aliphatic rings. The molecule has 0 saturated carbocycles. The van der Waals surface area contributed by atoms with Gasteiger partial charge in [-0.25, -0.2) is 0 Å². The minimum atomic E-state index is -0.179. The average Bonchev–Trinajstić information content (AvgIpc) is 3.20. The third-order valence-corrected chi connectivity index (χ3v) is 6.28. The highest BCUT2D eigenvalue weighted by molar-refractivity contribution is 5.98. The zero-order valence-corrected chi connectivity index (χ0v) is 18.6. The molecule has 1 fully saturated rings. The van der Waals surface area contributed by atoms with Gasteiger partial charge in [-0.3, -0.25) is 9.59 Å². The van der Waals surface area contributed by atoms with Crippen LogP contribution in [-0.4, -0.2) is 41.6 Å². The van der Waals surface area contributed by atoms with Crippen LogP contribution in [0.5, 0.6) is 0 Å². The number of H-pyrrole nitrogens is 1. The van der Waals surface area contributed by atoms with Crippen molar-refractivity contribution in [2.24, 2.45) is 0 Å². The molecule has 1 amide bonds. The predicted molar refractivity (Wildman–Crippen MR) is 122 cm³/mol. The van der Waals surface area contributed by atoms with Crippen molar-refractivity contribution in [3.63, 3.8) is 0 Å². The first-order valence-electron chi connectivity index (χ1n) is 10.8. The minimum absolute atomic E-state index is 0.156. The van der Waals surface area contributed by atoms with E-state index in [1.807, 2.05) is 51.2 Å². The zero-order valence-electron chi connectivity index (χ0n) is 18.6. The Labute approximate surface area is 182 Å². The van der Waals surface area contributed by atoms with E-state index in [1.165, 1.54) is 0 Å². The van der Waals surface area contributed by atoms with E-state index in [9.17, 15) is 9.59 Å². The number of carbonyl (C=O) groups excluding carboxylic acids is 1. The van der Waals surface area contributed by atoms with Crippen LogP contribution in [0.2, 0.25) is 0 Å². The molecule has 0 aromatic carbocycles. The topological polar surface area (TPSA) is 78.8 Å². The smallest absolute Gasteiger partial charge is 0.253 e. The van der Waals surface area contributed by atoms with E-state index in [2.05, 4.69) is 26.6 Å². The fourth-order valence-corrected chi connectivity index (χ4v) is 4.54. The molecular weight excluding hydrogens is 392 g/mol. The molecule has 4 heterocycles. The van der Waals surface area contributed by atoms with Gasteiger partial charge in [0.2, 0.25) is 0 Å². The van der Waals surface area contributed by atoms with Gasteiger partial charge in [-0.05, 0) is 63.4 Å². The molecule has 0 unspecified atom stereocenters. The number of anilines is 1. The van der Waals surface area contributed by atoms with E-state index >= 15 is 0 Å². The van der Waals surface area contributed by atoms with Crippen molar-refractivity contribution in [3.8, 4) is 0 Å². The lowest BCUT2D eigenvalue weighted by Gasteiger charge is -2.34. The quantitative estimate of drug-likeness (QED) is 0.662. The Morgan fingerprint density at radius 1 is 1.26 bits per heavy atom. The zero-order chi connectivity index (χ0) is 22.1. The minimum Gasteiger partial charge on any atom is -0.381 e. The van der Waals surface area contributed by atoms with Crippen LogP contribution in [0.15, 0.2) is 35.3 Å². The fraction of sp³-hybridized carbons (Fsp3) is 0.417. The maximum atomic E-state index is 13.2. The molecule has 164 valence electrons. The van der Waals surface area contributed by atoms with Gasteiger partial charge in [0, 0.05) is 66.9 Å². The molecule has 7 heteroatoms. The van der Waals surface area contributed by atoms with Crippen molar-refractivity contribution in [3.05, 3.63) is 68.8 Å². The summed E-state index contributed by atoms with van der Waals surface area (Å²) >= 11 is 0. The first-order chi connectivity index (χ1) is 14.9. The third kappa shape index (κ3) is 4.10. The molecule has 0 spiro atoms. The monoisotopic (exact) mass is 422 g/mol. The van der Waals surface area contributed by atoms with Crippen molar-refractivity contribution in [2.45, 2.75) is 46.2 Å². The molecule has 1 aliphatic heterocycles. The van der Waals surface area contributed by atoms with Gasteiger partial charge < -0.3 is 24.3 Å². The Balaban J connectivity index is 1.65.